The standard InChI is InChI=1S/C25H26N2O3S/c1-15-22(25(29)27-18-7-4-5-10-21(18)30-2)23(16-11-13-17(31-3)14-12-16)24-19(26-15)8-6-9-20(24)28/h4-5,7,10-14,22-23H,6,8-9H2,1-3H3,(H,27,29)/t22?,23-/m0/s1. The Kier molecular flexibility index (Phi) is 6.28. The van der Waals surface area contributed by atoms with Crippen molar-refractivity contribution in [2.45, 2.75) is 37.0 Å². The zero-order valence-electron chi connectivity index (χ0n) is 18.0. The average molecular weight is 435 g/mol. The van der Waals surface area contributed by atoms with Crippen molar-refractivity contribution in [3.05, 3.63) is 65.4 Å². The fourth-order valence-corrected chi connectivity index (χ4v) is 4.88. The number of carbonyl (C=O) groups excluding carboxylic acids is 2. The van der Waals surface area contributed by atoms with E-state index in [-0.39, 0.29) is 17.6 Å². The zero-order valence-corrected chi connectivity index (χ0v) is 18.8. The molecule has 0 saturated heterocycles. The summed E-state index contributed by atoms with van der Waals surface area (Å²) in [5, 5.41) is 3.01. The van der Waals surface area contributed by atoms with Gasteiger partial charge < -0.3 is 10.1 Å². The number of methoxy groups -OCH3 is 1. The van der Waals surface area contributed by atoms with E-state index >= 15 is 0 Å². The van der Waals surface area contributed by atoms with Crippen molar-refractivity contribution in [2.75, 3.05) is 18.7 Å². The second-order valence-electron chi connectivity index (χ2n) is 7.81. The van der Waals surface area contributed by atoms with E-state index in [1.807, 2.05) is 55.6 Å². The van der Waals surface area contributed by atoms with Crippen LogP contribution in [-0.2, 0) is 9.59 Å². The third kappa shape index (κ3) is 4.17. The summed E-state index contributed by atoms with van der Waals surface area (Å²) in [4.78, 5) is 32.4. The molecular formula is C25H26N2O3S. The molecule has 2 atom stereocenters. The van der Waals surface area contributed by atoms with Crippen molar-refractivity contribution in [2.24, 2.45) is 10.9 Å². The number of hydrogen-bond acceptors (Lipinski definition) is 5. The van der Waals surface area contributed by atoms with Gasteiger partial charge in [-0.15, -0.1) is 11.8 Å². The largest absolute Gasteiger partial charge is 0.495 e. The van der Waals surface area contributed by atoms with Crippen LogP contribution in [0.3, 0.4) is 0 Å². The Balaban J connectivity index is 1.77. The SMILES string of the molecule is COc1ccccc1NC(=O)C1C(C)=NC2=C(C(=O)CCC2)[C@H]1c1ccc(SC)cc1. The number of anilines is 1. The van der Waals surface area contributed by atoms with E-state index in [9.17, 15) is 9.59 Å². The normalized spacial score (nSPS) is 20.7. The summed E-state index contributed by atoms with van der Waals surface area (Å²) in [6.07, 6.45) is 4.12. The summed E-state index contributed by atoms with van der Waals surface area (Å²) in [5.74, 6) is -0.395. The molecule has 1 N–H and O–H groups in total. The van der Waals surface area contributed by atoms with Gasteiger partial charge in [-0.25, -0.2) is 0 Å². The first kappa shape index (κ1) is 21.4. The topological polar surface area (TPSA) is 67.8 Å². The lowest BCUT2D eigenvalue weighted by Gasteiger charge is -2.35. The number of thioether (sulfide) groups is 1. The number of amides is 1. The minimum absolute atomic E-state index is 0.103. The van der Waals surface area contributed by atoms with Crippen LogP contribution in [0.1, 0.15) is 37.7 Å². The fourth-order valence-electron chi connectivity index (χ4n) is 4.48. The van der Waals surface area contributed by atoms with Crippen LogP contribution in [0.4, 0.5) is 5.69 Å². The van der Waals surface area contributed by atoms with Gasteiger partial charge in [0.15, 0.2) is 5.78 Å². The van der Waals surface area contributed by atoms with E-state index in [1.54, 1.807) is 24.9 Å². The predicted molar refractivity (Wildman–Crippen MR) is 125 cm³/mol. The Morgan fingerprint density at radius 2 is 1.87 bits per heavy atom. The molecule has 1 unspecified atom stereocenters. The van der Waals surface area contributed by atoms with E-state index in [1.165, 1.54) is 0 Å². The smallest absolute Gasteiger partial charge is 0.234 e. The molecule has 0 aromatic heterocycles. The third-order valence-corrected chi connectivity index (χ3v) is 6.70. The maximum absolute atomic E-state index is 13.5. The van der Waals surface area contributed by atoms with Gasteiger partial charge in [-0.3, -0.25) is 14.6 Å². The summed E-state index contributed by atoms with van der Waals surface area (Å²) >= 11 is 1.67. The lowest BCUT2D eigenvalue weighted by atomic mass is 9.71. The summed E-state index contributed by atoms with van der Waals surface area (Å²) in [5.41, 5.74) is 3.85. The number of hydrogen-bond donors (Lipinski definition) is 1. The Labute approximate surface area is 187 Å². The van der Waals surface area contributed by atoms with Gasteiger partial charge >= 0.3 is 0 Å². The summed E-state index contributed by atoms with van der Waals surface area (Å²) in [6, 6.07) is 15.5. The van der Waals surface area contributed by atoms with Gasteiger partial charge in [-0.1, -0.05) is 24.3 Å². The molecule has 0 radical (unpaired) electrons. The molecule has 6 heteroatoms. The quantitative estimate of drug-likeness (QED) is 0.654. The number of nitrogens with zero attached hydrogens (tertiary/aromatic N) is 1. The fraction of sp³-hybridized carbons (Fsp3) is 0.320. The molecule has 2 aromatic rings. The molecule has 5 nitrogen and oxygen atoms in total. The van der Waals surface area contributed by atoms with Crippen LogP contribution in [0.2, 0.25) is 0 Å². The number of para-hydroxylation sites is 2. The summed E-state index contributed by atoms with van der Waals surface area (Å²) in [7, 11) is 1.58. The highest BCUT2D eigenvalue weighted by Gasteiger charge is 2.42. The van der Waals surface area contributed by atoms with E-state index in [4.69, 9.17) is 9.73 Å². The first-order chi connectivity index (χ1) is 15.0. The van der Waals surface area contributed by atoms with E-state index in [0.29, 0.717) is 23.4 Å². The maximum atomic E-state index is 13.5. The highest BCUT2D eigenvalue weighted by atomic mass is 32.2. The van der Waals surface area contributed by atoms with Gasteiger partial charge in [0.1, 0.15) is 5.75 Å². The van der Waals surface area contributed by atoms with Crippen LogP contribution in [0.5, 0.6) is 5.75 Å². The molecule has 31 heavy (non-hydrogen) atoms. The number of carbonyl (C=O) groups is 2. The van der Waals surface area contributed by atoms with Crippen LogP contribution < -0.4 is 10.1 Å². The molecule has 4 rings (SSSR count). The molecule has 0 bridgehead atoms. The number of rotatable bonds is 5. The Morgan fingerprint density at radius 1 is 1.13 bits per heavy atom. The summed E-state index contributed by atoms with van der Waals surface area (Å²) in [6.45, 7) is 1.89. The van der Waals surface area contributed by atoms with Crippen molar-refractivity contribution in [3.8, 4) is 5.75 Å². The Bertz CT molecular complexity index is 1070. The van der Waals surface area contributed by atoms with Crippen LogP contribution in [0, 0.1) is 5.92 Å². The predicted octanol–water partition coefficient (Wildman–Crippen LogP) is 5.24. The second kappa shape index (κ2) is 9.10. The van der Waals surface area contributed by atoms with Crippen LogP contribution in [0.15, 0.2) is 69.7 Å². The van der Waals surface area contributed by atoms with Crippen molar-refractivity contribution in [3.63, 3.8) is 0 Å². The van der Waals surface area contributed by atoms with Crippen LogP contribution >= 0.6 is 11.8 Å². The van der Waals surface area contributed by atoms with Gasteiger partial charge in [-0.05, 0) is 55.9 Å². The molecule has 2 aliphatic rings. The average Bonchev–Trinajstić information content (AvgIpc) is 2.78. The van der Waals surface area contributed by atoms with E-state index < -0.39 is 5.92 Å². The lowest BCUT2D eigenvalue weighted by Crippen LogP contribution is -2.39. The van der Waals surface area contributed by atoms with Gasteiger partial charge in [0.05, 0.1) is 18.7 Å². The van der Waals surface area contributed by atoms with Crippen molar-refractivity contribution in [1.82, 2.24) is 0 Å². The molecule has 1 aliphatic heterocycles. The van der Waals surface area contributed by atoms with E-state index in [0.717, 1.165) is 34.7 Å². The number of Topliss-reactive ketones (excluding diaryl/α,β-unsaturated/α-hetero) is 1. The van der Waals surface area contributed by atoms with Crippen LogP contribution in [0.25, 0.3) is 0 Å². The van der Waals surface area contributed by atoms with Gasteiger partial charge in [0.25, 0.3) is 0 Å². The molecule has 0 saturated carbocycles. The first-order valence-electron chi connectivity index (χ1n) is 10.4. The van der Waals surface area contributed by atoms with Crippen LogP contribution in [-0.4, -0.2) is 30.8 Å². The number of ketones is 1. The van der Waals surface area contributed by atoms with Gasteiger partial charge in [-0.2, -0.15) is 0 Å². The summed E-state index contributed by atoms with van der Waals surface area (Å²) < 4.78 is 5.39. The third-order valence-electron chi connectivity index (χ3n) is 5.96. The molecule has 160 valence electrons. The number of benzene rings is 2. The molecule has 1 heterocycles. The Morgan fingerprint density at radius 3 is 2.58 bits per heavy atom. The monoisotopic (exact) mass is 434 g/mol. The number of aliphatic imine (C=N–C) groups is 1. The minimum Gasteiger partial charge on any atom is -0.495 e. The Hall–Kier alpha value is -2.86. The van der Waals surface area contributed by atoms with E-state index in [2.05, 4.69) is 5.32 Å². The number of ether oxygens (including phenoxy) is 1. The van der Waals surface area contributed by atoms with Gasteiger partial charge in [0, 0.05) is 34.2 Å². The highest BCUT2D eigenvalue weighted by Crippen LogP contribution is 2.44. The molecule has 1 aliphatic carbocycles. The molecule has 1 amide bonds. The lowest BCUT2D eigenvalue weighted by molar-refractivity contribution is -0.119. The number of nitrogens with one attached hydrogen (secondary N) is 1. The molecule has 2 aromatic carbocycles. The number of allylic oxidation sites excluding steroid dienone is 2. The molecule has 0 fully saturated rings. The minimum atomic E-state index is -0.564. The molecule has 0 spiro atoms. The van der Waals surface area contributed by atoms with Gasteiger partial charge in [0.2, 0.25) is 5.91 Å². The highest BCUT2D eigenvalue weighted by molar-refractivity contribution is 7.98. The van der Waals surface area contributed by atoms with Crippen molar-refractivity contribution < 1.29 is 14.3 Å². The van der Waals surface area contributed by atoms with Crippen molar-refractivity contribution >= 4 is 34.9 Å². The van der Waals surface area contributed by atoms with Crippen molar-refractivity contribution in [1.29, 1.82) is 0 Å². The maximum Gasteiger partial charge on any atom is 0.234 e. The first-order valence-corrected chi connectivity index (χ1v) is 11.6. The second-order valence-corrected chi connectivity index (χ2v) is 8.69. The zero-order chi connectivity index (χ0) is 22.0. The molecular weight excluding hydrogens is 408 g/mol.